The predicted octanol–water partition coefficient (Wildman–Crippen LogP) is 3.82. The Morgan fingerprint density at radius 1 is 1.10 bits per heavy atom. The molecule has 0 fully saturated rings. The maximum absolute atomic E-state index is 13.4. The molecule has 0 aliphatic carbocycles. The highest BCUT2D eigenvalue weighted by atomic mass is 19.1. The highest BCUT2D eigenvalue weighted by Gasteiger charge is 2.24. The molecule has 106 valence electrons. The van der Waals surface area contributed by atoms with Gasteiger partial charge in [-0.05, 0) is 42.3 Å². The fourth-order valence-corrected chi connectivity index (χ4v) is 2.61. The van der Waals surface area contributed by atoms with Gasteiger partial charge in [0.25, 0.3) is 0 Å². The van der Waals surface area contributed by atoms with Crippen LogP contribution in [0.2, 0.25) is 0 Å². The highest BCUT2D eigenvalue weighted by Crippen LogP contribution is 2.28. The van der Waals surface area contributed by atoms with Gasteiger partial charge in [-0.2, -0.15) is 0 Å². The van der Waals surface area contributed by atoms with Crippen molar-refractivity contribution in [3.63, 3.8) is 0 Å². The Labute approximate surface area is 122 Å². The predicted molar refractivity (Wildman–Crippen MR) is 81.4 cm³/mol. The topological polar surface area (TPSA) is 33.1 Å². The fourth-order valence-electron chi connectivity index (χ4n) is 2.61. The molecule has 21 heavy (non-hydrogen) atoms. The van der Waals surface area contributed by atoms with Crippen molar-refractivity contribution in [1.82, 2.24) is 4.98 Å². The average Bonchev–Trinajstić information content (AvgIpc) is 2.47. The van der Waals surface area contributed by atoms with Gasteiger partial charge in [-0.1, -0.05) is 30.3 Å². The summed E-state index contributed by atoms with van der Waals surface area (Å²) in [7, 11) is 0. The third-order valence-electron chi connectivity index (χ3n) is 3.72. The zero-order valence-corrected chi connectivity index (χ0v) is 11.8. The van der Waals surface area contributed by atoms with Crippen LogP contribution in [0.3, 0.4) is 0 Å². The standard InChI is InChI=1S/C18H16FNO/c1-18(21,14-5-4-6-15(19)11-14)12-13-9-10-20-17-8-3-2-7-16(13)17/h2-11,21H,12H2,1H3. The van der Waals surface area contributed by atoms with Gasteiger partial charge >= 0.3 is 0 Å². The number of hydrogen-bond donors (Lipinski definition) is 1. The average molecular weight is 281 g/mol. The van der Waals surface area contributed by atoms with Gasteiger partial charge in [-0.25, -0.2) is 4.39 Å². The zero-order valence-electron chi connectivity index (χ0n) is 11.8. The summed E-state index contributed by atoms with van der Waals surface area (Å²) >= 11 is 0. The minimum Gasteiger partial charge on any atom is -0.385 e. The number of benzene rings is 2. The number of fused-ring (bicyclic) bond motifs is 1. The van der Waals surface area contributed by atoms with E-state index in [4.69, 9.17) is 0 Å². The van der Waals surface area contributed by atoms with Crippen LogP contribution in [0.1, 0.15) is 18.1 Å². The van der Waals surface area contributed by atoms with Crippen molar-refractivity contribution in [2.24, 2.45) is 0 Å². The molecule has 1 atom stereocenters. The number of para-hydroxylation sites is 1. The van der Waals surface area contributed by atoms with Gasteiger partial charge in [0.15, 0.2) is 0 Å². The Morgan fingerprint density at radius 3 is 2.71 bits per heavy atom. The van der Waals surface area contributed by atoms with E-state index in [1.165, 1.54) is 12.1 Å². The van der Waals surface area contributed by atoms with E-state index in [0.717, 1.165) is 16.5 Å². The van der Waals surface area contributed by atoms with Crippen LogP contribution in [-0.2, 0) is 12.0 Å². The number of hydrogen-bond acceptors (Lipinski definition) is 2. The molecule has 2 aromatic carbocycles. The van der Waals surface area contributed by atoms with Gasteiger partial charge < -0.3 is 5.11 Å². The largest absolute Gasteiger partial charge is 0.385 e. The maximum atomic E-state index is 13.4. The Hall–Kier alpha value is -2.26. The van der Waals surface area contributed by atoms with Crippen molar-refractivity contribution in [1.29, 1.82) is 0 Å². The number of nitrogens with zero attached hydrogens (tertiary/aromatic N) is 1. The van der Waals surface area contributed by atoms with Crippen molar-refractivity contribution >= 4 is 10.9 Å². The molecule has 0 aliphatic rings. The van der Waals surface area contributed by atoms with Crippen LogP contribution >= 0.6 is 0 Å². The number of pyridine rings is 1. The summed E-state index contributed by atoms with van der Waals surface area (Å²) in [6.07, 6.45) is 2.14. The summed E-state index contributed by atoms with van der Waals surface area (Å²) in [5, 5.41) is 11.7. The van der Waals surface area contributed by atoms with Crippen molar-refractivity contribution in [3.05, 3.63) is 77.7 Å². The Balaban J connectivity index is 2.01. The molecule has 0 aliphatic heterocycles. The van der Waals surface area contributed by atoms with Gasteiger partial charge in [0.1, 0.15) is 5.82 Å². The number of rotatable bonds is 3. The molecule has 0 saturated carbocycles. The molecule has 1 heterocycles. The van der Waals surface area contributed by atoms with Crippen LogP contribution in [0.5, 0.6) is 0 Å². The van der Waals surface area contributed by atoms with Gasteiger partial charge in [-0.3, -0.25) is 4.98 Å². The maximum Gasteiger partial charge on any atom is 0.123 e. The zero-order chi connectivity index (χ0) is 14.9. The number of halogens is 1. The first-order valence-electron chi connectivity index (χ1n) is 6.87. The van der Waals surface area contributed by atoms with Crippen LogP contribution in [0.25, 0.3) is 10.9 Å². The fraction of sp³-hybridized carbons (Fsp3) is 0.167. The molecule has 0 radical (unpaired) electrons. The van der Waals surface area contributed by atoms with Crippen LogP contribution < -0.4 is 0 Å². The lowest BCUT2D eigenvalue weighted by Crippen LogP contribution is -2.24. The lowest BCUT2D eigenvalue weighted by Gasteiger charge is -2.24. The quantitative estimate of drug-likeness (QED) is 0.791. The number of aliphatic hydroxyl groups is 1. The molecule has 0 spiro atoms. The Bertz CT molecular complexity index is 778. The Kier molecular flexibility index (Phi) is 3.43. The van der Waals surface area contributed by atoms with Gasteiger partial charge in [0.05, 0.1) is 11.1 Å². The van der Waals surface area contributed by atoms with E-state index in [9.17, 15) is 9.50 Å². The normalized spacial score (nSPS) is 14.0. The molecule has 3 aromatic rings. The second-order valence-electron chi connectivity index (χ2n) is 5.45. The molecule has 1 N–H and O–H groups in total. The number of aromatic nitrogens is 1. The molecule has 0 bridgehead atoms. The molecule has 1 aromatic heterocycles. The second kappa shape index (κ2) is 5.26. The van der Waals surface area contributed by atoms with E-state index in [1.807, 2.05) is 30.3 Å². The first-order chi connectivity index (χ1) is 10.1. The first kappa shape index (κ1) is 13.7. The van der Waals surface area contributed by atoms with E-state index in [2.05, 4.69) is 4.98 Å². The van der Waals surface area contributed by atoms with Crippen molar-refractivity contribution < 1.29 is 9.50 Å². The lowest BCUT2D eigenvalue weighted by molar-refractivity contribution is 0.0576. The van der Waals surface area contributed by atoms with Crippen molar-refractivity contribution in [2.75, 3.05) is 0 Å². The monoisotopic (exact) mass is 281 g/mol. The first-order valence-corrected chi connectivity index (χ1v) is 6.87. The minimum absolute atomic E-state index is 0.340. The molecule has 2 nitrogen and oxygen atoms in total. The van der Waals surface area contributed by atoms with Gasteiger partial charge in [0.2, 0.25) is 0 Å². The molecular formula is C18H16FNO. The van der Waals surface area contributed by atoms with Crippen molar-refractivity contribution in [2.45, 2.75) is 18.9 Å². The third kappa shape index (κ3) is 2.78. The molecule has 3 rings (SSSR count). The summed E-state index contributed by atoms with van der Waals surface area (Å²) in [6.45, 7) is 1.71. The van der Waals surface area contributed by atoms with Crippen LogP contribution in [0, 0.1) is 5.82 Å². The third-order valence-corrected chi connectivity index (χ3v) is 3.72. The van der Waals surface area contributed by atoms with E-state index in [1.54, 1.807) is 25.3 Å². The van der Waals surface area contributed by atoms with Gasteiger partial charge in [-0.15, -0.1) is 0 Å². The van der Waals surface area contributed by atoms with E-state index in [0.29, 0.717) is 12.0 Å². The highest BCUT2D eigenvalue weighted by molar-refractivity contribution is 5.81. The van der Waals surface area contributed by atoms with Crippen molar-refractivity contribution in [3.8, 4) is 0 Å². The van der Waals surface area contributed by atoms with Crippen LogP contribution in [-0.4, -0.2) is 10.1 Å². The van der Waals surface area contributed by atoms with Crippen LogP contribution in [0.4, 0.5) is 4.39 Å². The summed E-state index contributed by atoms with van der Waals surface area (Å²) < 4.78 is 13.4. The molecule has 0 saturated heterocycles. The lowest BCUT2D eigenvalue weighted by atomic mass is 9.88. The van der Waals surface area contributed by atoms with E-state index >= 15 is 0 Å². The molecular weight excluding hydrogens is 265 g/mol. The SMILES string of the molecule is CC(O)(Cc1ccnc2ccccc12)c1cccc(F)c1. The van der Waals surface area contributed by atoms with Gasteiger partial charge in [0, 0.05) is 18.0 Å². The molecule has 3 heteroatoms. The summed E-state index contributed by atoms with van der Waals surface area (Å²) in [5.74, 6) is -0.340. The second-order valence-corrected chi connectivity index (χ2v) is 5.45. The molecule has 1 unspecified atom stereocenters. The smallest absolute Gasteiger partial charge is 0.123 e. The van der Waals surface area contributed by atoms with Crippen LogP contribution in [0.15, 0.2) is 60.8 Å². The van der Waals surface area contributed by atoms with E-state index in [-0.39, 0.29) is 5.82 Å². The molecule has 0 amide bonds. The Morgan fingerprint density at radius 2 is 1.90 bits per heavy atom. The minimum atomic E-state index is -1.13. The van der Waals surface area contributed by atoms with E-state index < -0.39 is 5.60 Å². The summed E-state index contributed by atoms with van der Waals surface area (Å²) in [5.41, 5.74) is 1.33. The summed E-state index contributed by atoms with van der Waals surface area (Å²) in [6, 6.07) is 15.8. The summed E-state index contributed by atoms with van der Waals surface area (Å²) in [4.78, 5) is 4.32.